The number of rotatable bonds is 3. The highest BCUT2D eigenvalue weighted by Gasteiger charge is 2.20. The number of nitrogens with zero attached hydrogens (tertiary/aromatic N) is 1. The van der Waals surface area contributed by atoms with Gasteiger partial charge in [0, 0.05) is 0 Å². The first-order valence-corrected chi connectivity index (χ1v) is 8.70. The SMILES string of the molecule is Cc1cc(C2CCNCC2)c2[nH]c(=O)n(Cc3ccccc3)c2c1. The van der Waals surface area contributed by atoms with Gasteiger partial charge in [-0.05, 0) is 61.5 Å². The number of imidazole rings is 1. The molecule has 3 aromatic rings. The molecule has 0 saturated carbocycles. The van der Waals surface area contributed by atoms with Crippen molar-refractivity contribution in [1.82, 2.24) is 14.9 Å². The molecule has 4 rings (SSSR count). The Morgan fingerprint density at radius 2 is 1.88 bits per heavy atom. The van der Waals surface area contributed by atoms with Gasteiger partial charge in [-0.3, -0.25) is 4.57 Å². The Bertz CT molecular complexity index is 902. The number of nitrogens with one attached hydrogen (secondary N) is 2. The zero-order valence-electron chi connectivity index (χ0n) is 14.0. The number of hydrogen-bond acceptors (Lipinski definition) is 2. The van der Waals surface area contributed by atoms with Gasteiger partial charge in [0.05, 0.1) is 17.6 Å². The van der Waals surface area contributed by atoms with Crippen molar-refractivity contribution in [1.29, 1.82) is 0 Å². The molecular formula is C20H23N3O. The Kier molecular flexibility index (Phi) is 3.98. The molecule has 2 heterocycles. The van der Waals surface area contributed by atoms with E-state index in [0.717, 1.165) is 42.5 Å². The van der Waals surface area contributed by atoms with E-state index in [0.29, 0.717) is 12.5 Å². The van der Waals surface area contributed by atoms with E-state index in [2.05, 4.69) is 41.5 Å². The van der Waals surface area contributed by atoms with Crippen LogP contribution in [0.25, 0.3) is 11.0 Å². The van der Waals surface area contributed by atoms with Gasteiger partial charge < -0.3 is 10.3 Å². The van der Waals surface area contributed by atoms with Crippen LogP contribution in [0.2, 0.25) is 0 Å². The quantitative estimate of drug-likeness (QED) is 0.778. The molecule has 1 aliphatic rings. The lowest BCUT2D eigenvalue weighted by Crippen LogP contribution is -2.26. The van der Waals surface area contributed by atoms with Crippen molar-refractivity contribution in [2.45, 2.75) is 32.2 Å². The van der Waals surface area contributed by atoms with E-state index in [9.17, 15) is 4.79 Å². The van der Waals surface area contributed by atoms with Crippen LogP contribution in [0.3, 0.4) is 0 Å². The Morgan fingerprint density at radius 3 is 2.62 bits per heavy atom. The van der Waals surface area contributed by atoms with E-state index >= 15 is 0 Å². The van der Waals surface area contributed by atoms with Crippen molar-refractivity contribution in [2.75, 3.05) is 13.1 Å². The lowest BCUT2D eigenvalue weighted by molar-refractivity contribution is 0.462. The largest absolute Gasteiger partial charge is 0.326 e. The van der Waals surface area contributed by atoms with E-state index in [-0.39, 0.29) is 5.69 Å². The van der Waals surface area contributed by atoms with Gasteiger partial charge in [0.1, 0.15) is 0 Å². The van der Waals surface area contributed by atoms with E-state index < -0.39 is 0 Å². The third-order valence-corrected chi connectivity index (χ3v) is 5.02. The molecule has 0 spiro atoms. The summed E-state index contributed by atoms with van der Waals surface area (Å²) >= 11 is 0. The smallest absolute Gasteiger partial charge is 0.317 e. The van der Waals surface area contributed by atoms with Crippen LogP contribution >= 0.6 is 0 Å². The molecule has 1 aromatic heterocycles. The van der Waals surface area contributed by atoms with Crippen LogP contribution in [0.15, 0.2) is 47.3 Å². The fourth-order valence-electron chi connectivity index (χ4n) is 3.81. The van der Waals surface area contributed by atoms with Crippen molar-refractivity contribution in [3.63, 3.8) is 0 Å². The summed E-state index contributed by atoms with van der Waals surface area (Å²) in [7, 11) is 0. The van der Waals surface area contributed by atoms with Crippen molar-refractivity contribution in [3.05, 3.63) is 69.6 Å². The Balaban J connectivity index is 1.82. The zero-order valence-corrected chi connectivity index (χ0v) is 14.0. The van der Waals surface area contributed by atoms with Crippen LogP contribution in [0, 0.1) is 6.92 Å². The molecule has 2 N–H and O–H groups in total. The molecule has 0 unspecified atom stereocenters. The van der Waals surface area contributed by atoms with E-state index in [4.69, 9.17) is 0 Å². The molecule has 1 fully saturated rings. The second-order valence-electron chi connectivity index (χ2n) is 6.77. The summed E-state index contributed by atoms with van der Waals surface area (Å²) in [6.45, 7) is 4.83. The normalized spacial score (nSPS) is 15.9. The minimum atomic E-state index is -0.0189. The number of H-pyrrole nitrogens is 1. The minimum Gasteiger partial charge on any atom is -0.317 e. The molecule has 4 nitrogen and oxygen atoms in total. The Morgan fingerprint density at radius 1 is 1.12 bits per heavy atom. The molecule has 1 aliphatic heterocycles. The topological polar surface area (TPSA) is 49.8 Å². The highest BCUT2D eigenvalue weighted by atomic mass is 16.1. The van der Waals surface area contributed by atoms with Gasteiger partial charge in [-0.15, -0.1) is 0 Å². The summed E-state index contributed by atoms with van der Waals surface area (Å²) in [6.07, 6.45) is 2.26. The number of aryl methyl sites for hydroxylation is 1. The highest BCUT2D eigenvalue weighted by molar-refractivity contribution is 5.80. The van der Waals surface area contributed by atoms with Crippen LogP contribution in [-0.4, -0.2) is 22.6 Å². The monoisotopic (exact) mass is 321 g/mol. The molecule has 0 radical (unpaired) electrons. The number of benzene rings is 2. The summed E-state index contributed by atoms with van der Waals surface area (Å²) < 4.78 is 1.86. The van der Waals surface area contributed by atoms with Crippen molar-refractivity contribution in [3.8, 4) is 0 Å². The lowest BCUT2D eigenvalue weighted by Gasteiger charge is -2.23. The summed E-state index contributed by atoms with van der Waals surface area (Å²) in [4.78, 5) is 15.7. The van der Waals surface area contributed by atoms with Gasteiger partial charge in [-0.25, -0.2) is 4.79 Å². The van der Waals surface area contributed by atoms with Crippen molar-refractivity contribution in [2.24, 2.45) is 0 Å². The zero-order chi connectivity index (χ0) is 16.5. The molecule has 124 valence electrons. The summed E-state index contributed by atoms with van der Waals surface area (Å²) in [6, 6.07) is 14.5. The number of aromatic amines is 1. The molecule has 2 aromatic carbocycles. The predicted octanol–water partition coefficient (Wildman–Crippen LogP) is 3.15. The minimum absolute atomic E-state index is 0.0189. The fourth-order valence-corrected chi connectivity index (χ4v) is 3.81. The first-order chi connectivity index (χ1) is 11.7. The van der Waals surface area contributed by atoms with Gasteiger partial charge in [-0.2, -0.15) is 0 Å². The van der Waals surface area contributed by atoms with Crippen LogP contribution in [0.1, 0.15) is 35.4 Å². The first-order valence-electron chi connectivity index (χ1n) is 8.70. The first kappa shape index (κ1) is 15.2. The third kappa shape index (κ3) is 2.78. The van der Waals surface area contributed by atoms with Crippen LogP contribution in [0.4, 0.5) is 0 Å². The molecule has 0 aliphatic carbocycles. The second-order valence-corrected chi connectivity index (χ2v) is 6.77. The maximum absolute atomic E-state index is 12.6. The number of fused-ring (bicyclic) bond motifs is 1. The maximum Gasteiger partial charge on any atom is 0.326 e. The molecule has 0 atom stereocenters. The standard InChI is InChI=1S/C20H23N3O/c1-14-11-17(16-7-9-21-10-8-16)19-18(12-14)23(20(24)22-19)13-15-5-3-2-4-6-15/h2-6,11-12,16,21H,7-10,13H2,1H3,(H,22,24). The molecule has 0 bridgehead atoms. The number of hydrogen-bond donors (Lipinski definition) is 2. The molecule has 4 heteroatoms. The van der Waals surface area contributed by atoms with Gasteiger partial charge >= 0.3 is 5.69 Å². The Hall–Kier alpha value is -2.33. The lowest BCUT2D eigenvalue weighted by atomic mass is 9.88. The van der Waals surface area contributed by atoms with Gasteiger partial charge in [0.15, 0.2) is 0 Å². The molecular weight excluding hydrogens is 298 g/mol. The predicted molar refractivity (Wildman–Crippen MR) is 97.7 cm³/mol. The van der Waals surface area contributed by atoms with Crippen LogP contribution in [0.5, 0.6) is 0 Å². The summed E-state index contributed by atoms with van der Waals surface area (Å²) in [5.41, 5.74) is 5.69. The van der Waals surface area contributed by atoms with E-state index in [1.165, 1.54) is 11.1 Å². The highest BCUT2D eigenvalue weighted by Crippen LogP contribution is 2.31. The fraction of sp³-hybridized carbons (Fsp3) is 0.350. The summed E-state index contributed by atoms with van der Waals surface area (Å²) in [5.74, 6) is 0.525. The second kappa shape index (κ2) is 6.29. The summed E-state index contributed by atoms with van der Waals surface area (Å²) in [5, 5.41) is 3.42. The molecule has 0 amide bonds. The van der Waals surface area contributed by atoms with Gasteiger partial charge in [0.2, 0.25) is 0 Å². The van der Waals surface area contributed by atoms with E-state index in [1.807, 2.05) is 22.8 Å². The maximum atomic E-state index is 12.6. The third-order valence-electron chi connectivity index (χ3n) is 5.02. The Labute approximate surface area is 141 Å². The van der Waals surface area contributed by atoms with E-state index in [1.54, 1.807) is 0 Å². The van der Waals surface area contributed by atoms with Crippen molar-refractivity contribution >= 4 is 11.0 Å². The van der Waals surface area contributed by atoms with Crippen molar-refractivity contribution < 1.29 is 0 Å². The van der Waals surface area contributed by atoms with Crippen LogP contribution < -0.4 is 11.0 Å². The van der Waals surface area contributed by atoms with Gasteiger partial charge in [-0.1, -0.05) is 36.4 Å². The average molecular weight is 321 g/mol. The van der Waals surface area contributed by atoms with Crippen LogP contribution in [-0.2, 0) is 6.54 Å². The average Bonchev–Trinajstić information content (AvgIpc) is 2.92. The molecule has 24 heavy (non-hydrogen) atoms. The number of piperidine rings is 1. The van der Waals surface area contributed by atoms with Gasteiger partial charge in [0.25, 0.3) is 0 Å². The molecule has 1 saturated heterocycles. The number of aromatic nitrogens is 2.